The molecular weight excluding hydrogens is 414 g/mol. The summed E-state index contributed by atoms with van der Waals surface area (Å²) in [7, 11) is 1.80. The van der Waals surface area contributed by atoms with Crippen molar-refractivity contribution in [3.8, 4) is 0 Å². The second-order valence-corrected chi connectivity index (χ2v) is 9.13. The van der Waals surface area contributed by atoms with E-state index in [1.54, 1.807) is 23.7 Å². The van der Waals surface area contributed by atoms with E-state index in [4.69, 9.17) is 16.6 Å². The smallest absolute Gasteiger partial charge is 0.262 e. The number of carbonyl (C=O) groups excluding carboxylic acids is 1. The fourth-order valence-electron chi connectivity index (χ4n) is 4.69. The van der Waals surface area contributed by atoms with Gasteiger partial charge in [0.2, 0.25) is 5.95 Å². The molecule has 8 heteroatoms. The van der Waals surface area contributed by atoms with Crippen molar-refractivity contribution in [1.82, 2.24) is 14.5 Å². The molecule has 3 heterocycles. The molecule has 1 saturated heterocycles. The number of aromatic nitrogens is 3. The lowest BCUT2D eigenvalue weighted by Crippen LogP contribution is -2.31. The Hall–Kier alpha value is -2.93. The average molecular weight is 438 g/mol. The summed E-state index contributed by atoms with van der Waals surface area (Å²) in [6.07, 6.45) is 1.97. The zero-order chi connectivity index (χ0) is 21.9. The lowest BCUT2D eigenvalue weighted by Gasteiger charge is -2.24. The van der Waals surface area contributed by atoms with Crippen molar-refractivity contribution in [3.63, 3.8) is 0 Å². The lowest BCUT2D eigenvalue weighted by atomic mass is 10.0. The quantitative estimate of drug-likeness (QED) is 0.484. The number of piperidine rings is 1. The van der Waals surface area contributed by atoms with Gasteiger partial charge in [-0.3, -0.25) is 14.2 Å². The van der Waals surface area contributed by atoms with Gasteiger partial charge < -0.3 is 10.2 Å². The normalized spacial score (nSPS) is 20.6. The molecule has 1 aliphatic carbocycles. The van der Waals surface area contributed by atoms with E-state index in [2.05, 4.69) is 15.2 Å². The lowest BCUT2D eigenvalue weighted by molar-refractivity contribution is 0.112. The maximum atomic E-state index is 13.2. The van der Waals surface area contributed by atoms with Crippen LogP contribution in [0.25, 0.3) is 10.9 Å². The van der Waals surface area contributed by atoms with Crippen LogP contribution in [0.15, 0.2) is 29.1 Å². The van der Waals surface area contributed by atoms with Crippen molar-refractivity contribution in [2.75, 3.05) is 23.3 Å². The highest BCUT2D eigenvalue weighted by molar-refractivity contribution is 6.29. The molecule has 160 valence electrons. The third-order valence-corrected chi connectivity index (χ3v) is 6.64. The molecule has 1 aliphatic heterocycles. The standard InChI is InChI=1S/C23H24ClN5O2/c1-12-6-16(13(2)25-18-4-5-20(24)26-19(18)11-30)21-17(7-12)22(31)28(3)23(27-21)29-9-14-8-15(14)10-29/h4-7,11,13-15,25H,8-10H2,1-3H3/t13-,14?,15?/m0/s1. The Bertz CT molecular complexity index is 1260. The largest absolute Gasteiger partial charge is 0.377 e. The number of benzene rings is 1. The van der Waals surface area contributed by atoms with E-state index < -0.39 is 0 Å². The van der Waals surface area contributed by atoms with E-state index in [1.807, 2.05) is 26.0 Å². The Labute approximate surface area is 185 Å². The molecule has 7 nitrogen and oxygen atoms in total. The number of nitrogens with one attached hydrogen (secondary N) is 1. The van der Waals surface area contributed by atoms with Crippen molar-refractivity contribution in [2.24, 2.45) is 18.9 Å². The van der Waals surface area contributed by atoms with Gasteiger partial charge in [-0.2, -0.15) is 0 Å². The molecule has 31 heavy (non-hydrogen) atoms. The van der Waals surface area contributed by atoms with Gasteiger partial charge in [-0.15, -0.1) is 0 Å². The number of halogens is 1. The molecule has 0 bridgehead atoms. The minimum Gasteiger partial charge on any atom is -0.377 e. The number of hydrogen-bond acceptors (Lipinski definition) is 6. The molecule has 1 saturated carbocycles. The molecule has 2 aliphatic rings. The Kier molecular flexibility index (Phi) is 4.73. The number of rotatable bonds is 5. The summed E-state index contributed by atoms with van der Waals surface area (Å²) in [6.45, 7) is 5.88. The fourth-order valence-corrected chi connectivity index (χ4v) is 4.84. The summed E-state index contributed by atoms with van der Waals surface area (Å²) in [5.74, 6) is 2.21. The maximum absolute atomic E-state index is 13.2. The van der Waals surface area contributed by atoms with E-state index in [9.17, 15) is 9.59 Å². The van der Waals surface area contributed by atoms with Crippen molar-refractivity contribution in [3.05, 3.63) is 56.6 Å². The monoisotopic (exact) mass is 437 g/mol. The van der Waals surface area contributed by atoms with Crippen LogP contribution in [0.1, 0.15) is 41.0 Å². The highest BCUT2D eigenvalue weighted by atomic mass is 35.5. The van der Waals surface area contributed by atoms with E-state index in [-0.39, 0.29) is 22.4 Å². The minimum atomic E-state index is -0.205. The zero-order valence-electron chi connectivity index (χ0n) is 17.7. The number of nitrogens with zero attached hydrogens (tertiary/aromatic N) is 4. The van der Waals surface area contributed by atoms with E-state index in [0.717, 1.165) is 42.0 Å². The average Bonchev–Trinajstić information content (AvgIpc) is 3.36. The molecule has 2 unspecified atom stereocenters. The molecule has 0 radical (unpaired) electrons. The summed E-state index contributed by atoms with van der Waals surface area (Å²) in [5, 5.41) is 4.21. The second kappa shape index (κ2) is 7.34. The predicted octanol–water partition coefficient (Wildman–Crippen LogP) is 3.73. The van der Waals surface area contributed by atoms with Crippen LogP contribution in [0, 0.1) is 18.8 Å². The van der Waals surface area contributed by atoms with Gasteiger partial charge >= 0.3 is 0 Å². The van der Waals surface area contributed by atoms with Crippen LogP contribution in [0.4, 0.5) is 11.6 Å². The first-order valence-electron chi connectivity index (χ1n) is 10.5. The van der Waals surface area contributed by atoms with Crippen LogP contribution in [-0.4, -0.2) is 33.9 Å². The Morgan fingerprint density at radius 2 is 1.97 bits per heavy atom. The Balaban J connectivity index is 1.60. The summed E-state index contributed by atoms with van der Waals surface area (Å²) in [5.41, 5.74) is 3.38. The van der Waals surface area contributed by atoms with Gasteiger partial charge in [0.05, 0.1) is 22.6 Å². The molecule has 1 N–H and O–H groups in total. The van der Waals surface area contributed by atoms with Crippen molar-refractivity contribution in [2.45, 2.75) is 26.3 Å². The van der Waals surface area contributed by atoms with Gasteiger partial charge in [0, 0.05) is 25.7 Å². The SMILES string of the molecule is Cc1cc([C@H](C)Nc2ccc(Cl)nc2C=O)c2nc(N3CC4CC4C3)n(C)c(=O)c2c1. The number of hydrogen-bond donors (Lipinski definition) is 1. The highest BCUT2D eigenvalue weighted by Crippen LogP contribution is 2.46. The Morgan fingerprint density at radius 3 is 2.68 bits per heavy atom. The first-order chi connectivity index (χ1) is 14.9. The van der Waals surface area contributed by atoms with Crippen molar-refractivity contribution < 1.29 is 4.79 Å². The maximum Gasteiger partial charge on any atom is 0.262 e. The van der Waals surface area contributed by atoms with Crippen LogP contribution >= 0.6 is 11.6 Å². The summed E-state index contributed by atoms with van der Waals surface area (Å²) in [6, 6.07) is 7.11. The molecule has 3 aromatic rings. The molecule has 0 spiro atoms. The predicted molar refractivity (Wildman–Crippen MR) is 122 cm³/mol. The number of aldehydes is 1. The highest BCUT2D eigenvalue weighted by Gasteiger charge is 2.46. The van der Waals surface area contributed by atoms with E-state index >= 15 is 0 Å². The van der Waals surface area contributed by atoms with Gasteiger partial charge in [0.25, 0.3) is 5.56 Å². The number of aryl methyl sites for hydroxylation is 1. The molecular formula is C23H24ClN5O2. The van der Waals surface area contributed by atoms with Gasteiger partial charge in [-0.25, -0.2) is 9.97 Å². The molecule has 0 amide bonds. The number of fused-ring (bicyclic) bond motifs is 2. The topological polar surface area (TPSA) is 80.1 Å². The summed E-state index contributed by atoms with van der Waals surface area (Å²) in [4.78, 5) is 36.0. The minimum absolute atomic E-state index is 0.0422. The van der Waals surface area contributed by atoms with Gasteiger partial charge in [0.1, 0.15) is 10.8 Å². The summed E-state index contributed by atoms with van der Waals surface area (Å²) >= 11 is 5.92. The molecule has 3 atom stereocenters. The van der Waals surface area contributed by atoms with Crippen molar-refractivity contribution in [1.29, 1.82) is 0 Å². The third kappa shape index (κ3) is 3.47. The van der Waals surface area contributed by atoms with Crippen LogP contribution in [0.2, 0.25) is 5.15 Å². The number of pyridine rings is 1. The van der Waals surface area contributed by atoms with Crippen LogP contribution < -0.4 is 15.8 Å². The molecule has 2 aromatic heterocycles. The third-order valence-electron chi connectivity index (χ3n) is 6.43. The van der Waals surface area contributed by atoms with Crippen LogP contribution in [0.5, 0.6) is 0 Å². The van der Waals surface area contributed by atoms with Crippen LogP contribution in [0.3, 0.4) is 0 Å². The molecule has 5 rings (SSSR count). The van der Waals surface area contributed by atoms with E-state index in [0.29, 0.717) is 22.9 Å². The second-order valence-electron chi connectivity index (χ2n) is 8.74. The van der Waals surface area contributed by atoms with E-state index in [1.165, 1.54) is 6.42 Å². The number of carbonyl (C=O) groups is 1. The number of anilines is 2. The van der Waals surface area contributed by atoms with Crippen LogP contribution in [-0.2, 0) is 7.05 Å². The molecule has 1 aromatic carbocycles. The summed E-state index contributed by atoms with van der Waals surface area (Å²) < 4.78 is 1.67. The first-order valence-corrected chi connectivity index (χ1v) is 10.9. The van der Waals surface area contributed by atoms with Gasteiger partial charge in [-0.05, 0) is 55.9 Å². The van der Waals surface area contributed by atoms with Gasteiger partial charge in [-0.1, -0.05) is 17.7 Å². The van der Waals surface area contributed by atoms with Gasteiger partial charge in [0.15, 0.2) is 6.29 Å². The Morgan fingerprint density at radius 1 is 1.23 bits per heavy atom. The zero-order valence-corrected chi connectivity index (χ0v) is 18.5. The molecule has 2 fully saturated rings. The fraction of sp³-hybridized carbons (Fsp3) is 0.391. The van der Waals surface area contributed by atoms with Crippen molar-refractivity contribution >= 4 is 40.4 Å². The first kappa shape index (κ1) is 20.0.